The zero-order valence-corrected chi connectivity index (χ0v) is 26.2. The molecule has 1 aromatic heterocycles. The number of ether oxygens (including phenoxy) is 2. The molecule has 1 saturated heterocycles. The van der Waals surface area contributed by atoms with Gasteiger partial charge in [0.15, 0.2) is 6.61 Å². The molecule has 1 fully saturated rings. The first-order valence-corrected chi connectivity index (χ1v) is 16.0. The predicted molar refractivity (Wildman–Crippen MR) is 174 cm³/mol. The largest absolute Gasteiger partial charge is 0.495 e. The van der Waals surface area contributed by atoms with Gasteiger partial charge in [-0.3, -0.25) is 9.59 Å². The minimum absolute atomic E-state index is 0.00113. The Labute approximate surface area is 266 Å². The van der Waals surface area contributed by atoms with E-state index in [0.29, 0.717) is 45.3 Å². The molecule has 0 spiro atoms. The van der Waals surface area contributed by atoms with Crippen molar-refractivity contribution in [2.24, 2.45) is 0 Å². The van der Waals surface area contributed by atoms with Crippen LogP contribution in [0.2, 0.25) is 0 Å². The average Bonchev–Trinajstić information content (AvgIpc) is 3.49. The van der Waals surface area contributed by atoms with Crippen LogP contribution in [-0.4, -0.2) is 58.3 Å². The van der Waals surface area contributed by atoms with Crippen LogP contribution in [0.25, 0.3) is 0 Å². The van der Waals surface area contributed by atoms with Crippen LogP contribution in [-0.2, 0) is 15.3 Å². The molecule has 2 aliphatic heterocycles. The number of fused-ring (bicyclic) bond motifs is 1. The summed E-state index contributed by atoms with van der Waals surface area (Å²) in [7, 11) is 1.57. The summed E-state index contributed by atoms with van der Waals surface area (Å²) in [5.74, 6) is 2.11. The van der Waals surface area contributed by atoms with Crippen LogP contribution in [0.4, 0.5) is 11.6 Å². The lowest BCUT2D eigenvalue weighted by molar-refractivity contribution is -0.134. The molecule has 2 N–H and O–H groups in total. The van der Waals surface area contributed by atoms with E-state index >= 15 is 0 Å². The molecule has 1 atom stereocenters. The predicted octanol–water partition coefficient (Wildman–Crippen LogP) is 5.90. The molecule has 2 aliphatic rings. The number of thioether (sulfide) groups is 1. The summed E-state index contributed by atoms with van der Waals surface area (Å²) < 4.78 is 13.1. The lowest BCUT2D eigenvalue weighted by atomic mass is 9.95. The molecule has 6 rings (SSSR count). The Morgan fingerprint density at radius 3 is 2.47 bits per heavy atom. The fourth-order valence-corrected chi connectivity index (χ4v) is 6.37. The Hall–Kier alpha value is -4.77. The molecule has 45 heavy (non-hydrogen) atoms. The molecule has 4 aromatic rings. The van der Waals surface area contributed by atoms with Crippen molar-refractivity contribution in [1.29, 1.82) is 0 Å². The van der Waals surface area contributed by atoms with Gasteiger partial charge in [-0.05, 0) is 61.6 Å². The summed E-state index contributed by atoms with van der Waals surface area (Å²) in [4.78, 5) is 33.2. The summed E-state index contributed by atoms with van der Waals surface area (Å²) in [5, 5.41) is 11.8. The number of carbonyl (C=O) groups excluding carboxylic acids is 2. The van der Waals surface area contributed by atoms with E-state index in [4.69, 9.17) is 19.6 Å². The fraction of sp³-hybridized carbons (Fsp3) is 0.294. The van der Waals surface area contributed by atoms with Crippen LogP contribution in [0, 0.1) is 0 Å². The second-order valence-electron chi connectivity index (χ2n) is 11.0. The zero-order chi connectivity index (χ0) is 31.2. The van der Waals surface area contributed by atoms with E-state index < -0.39 is 6.04 Å². The average molecular weight is 625 g/mol. The van der Waals surface area contributed by atoms with Gasteiger partial charge in [0, 0.05) is 24.5 Å². The van der Waals surface area contributed by atoms with E-state index in [1.165, 1.54) is 17.3 Å². The van der Waals surface area contributed by atoms with E-state index in [2.05, 4.69) is 22.8 Å². The third-order valence-corrected chi connectivity index (χ3v) is 8.82. The number of aromatic nitrogens is 3. The molecule has 3 aromatic carbocycles. The van der Waals surface area contributed by atoms with Gasteiger partial charge >= 0.3 is 0 Å². The number of hydrogen-bond donors (Lipinski definition) is 2. The van der Waals surface area contributed by atoms with Crippen molar-refractivity contribution in [3.05, 3.63) is 101 Å². The topological polar surface area (TPSA) is 111 Å². The highest BCUT2D eigenvalue weighted by atomic mass is 32.2. The number of likely N-dealkylation sites (tertiary alicyclic amines) is 1. The highest BCUT2D eigenvalue weighted by Crippen LogP contribution is 2.38. The van der Waals surface area contributed by atoms with Crippen molar-refractivity contribution in [2.75, 3.05) is 37.4 Å². The minimum Gasteiger partial charge on any atom is -0.495 e. The second-order valence-corrected chi connectivity index (χ2v) is 11.9. The fourth-order valence-electron chi connectivity index (χ4n) is 5.58. The number of amides is 2. The number of piperidine rings is 1. The maximum atomic E-state index is 14.0. The van der Waals surface area contributed by atoms with Gasteiger partial charge in [-0.1, -0.05) is 66.4 Å². The second kappa shape index (κ2) is 13.9. The quantitative estimate of drug-likeness (QED) is 0.210. The van der Waals surface area contributed by atoms with Gasteiger partial charge in [-0.2, -0.15) is 4.98 Å². The Balaban J connectivity index is 1.27. The van der Waals surface area contributed by atoms with Crippen molar-refractivity contribution in [1.82, 2.24) is 19.7 Å². The number of methoxy groups -OCH3 is 1. The summed E-state index contributed by atoms with van der Waals surface area (Å²) in [6, 6.07) is 24.3. The van der Waals surface area contributed by atoms with Crippen molar-refractivity contribution in [3.63, 3.8) is 0 Å². The Morgan fingerprint density at radius 1 is 0.978 bits per heavy atom. The number of carbonyl (C=O) groups is 2. The van der Waals surface area contributed by atoms with Crippen LogP contribution in [0.5, 0.6) is 11.5 Å². The molecular formula is C34H36N6O4S. The molecule has 0 saturated carbocycles. The van der Waals surface area contributed by atoms with E-state index in [9.17, 15) is 9.59 Å². The number of nitrogens with zero attached hydrogens (tertiary/aromatic N) is 4. The molecule has 3 heterocycles. The van der Waals surface area contributed by atoms with Gasteiger partial charge in [-0.25, -0.2) is 4.68 Å². The molecule has 10 nitrogen and oxygen atoms in total. The van der Waals surface area contributed by atoms with Crippen LogP contribution >= 0.6 is 11.8 Å². The highest BCUT2D eigenvalue weighted by Gasteiger charge is 2.35. The Bertz CT molecular complexity index is 1680. The van der Waals surface area contributed by atoms with E-state index in [1.807, 2.05) is 66.4 Å². The minimum atomic E-state index is -0.571. The van der Waals surface area contributed by atoms with E-state index in [1.54, 1.807) is 23.9 Å². The molecular weight excluding hydrogens is 588 g/mol. The first kappa shape index (κ1) is 30.3. The van der Waals surface area contributed by atoms with Gasteiger partial charge in [0.1, 0.15) is 17.5 Å². The Kier molecular flexibility index (Phi) is 9.35. The van der Waals surface area contributed by atoms with Crippen molar-refractivity contribution >= 4 is 35.2 Å². The lowest BCUT2D eigenvalue weighted by Crippen LogP contribution is -2.38. The number of hydrogen-bond acceptors (Lipinski definition) is 8. The SMILES string of the molecule is COc1ccccc1NC(=O)C1=C(C)Nc2nc(SCc3ccccc3)nn2C1c1ccc(OCC(=O)N2CCCCC2)cc1. The number of rotatable bonds is 10. The number of benzene rings is 3. The van der Waals surface area contributed by atoms with Crippen LogP contribution in [0.3, 0.4) is 0 Å². The highest BCUT2D eigenvalue weighted by molar-refractivity contribution is 7.98. The molecule has 1 unspecified atom stereocenters. The van der Waals surface area contributed by atoms with Crippen molar-refractivity contribution in [3.8, 4) is 11.5 Å². The summed E-state index contributed by atoms with van der Waals surface area (Å²) >= 11 is 1.53. The molecule has 232 valence electrons. The number of anilines is 2. The van der Waals surface area contributed by atoms with Crippen LogP contribution in [0.15, 0.2) is 95.3 Å². The first-order chi connectivity index (χ1) is 22.0. The summed E-state index contributed by atoms with van der Waals surface area (Å²) in [5.41, 5.74) is 3.71. The zero-order valence-electron chi connectivity index (χ0n) is 25.4. The summed E-state index contributed by atoms with van der Waals surface area (Å²) in [6.07, 6.45) is 3.23. The van der Waals surface area contributed by atoms with Crippen molar-refractivity contribution < 1.29 is 19.1 Å². The maximum absolute atomic E-state index is 14.0. The lowest BCUT2D eigenvalue weighted by Gasteiger charge is -2.29. The van der Waals surface area contributed by atoms with Gasteiger partial charge < -0.3 is 25.0 Å². The standard InChI is InChI=1S/C34H36N6O4S/c1-23-30(32(42)36-27-13-7-8-14-28(27)43-2)31(40-33(35-23)37-34(38-40)45-22-24-11-5-3-6-12-24)25-15-17-26(18-16-25)44-21-29(41)39-19-9-4-10-20-39/h3,5-8,11-18,31H,4,9-10,19-22H2,1-2H3,(H,36,42)(H,35,37,38). The van der Waals surface area contributed by atoms with Crippen LogP contribution < -0.4 is 20.1 Å². The number of allylic oxidation sites excluding steroid dienone is 1. The van der Waals surface area contributed by atoms with Gasteiger partial charge in [0.05, 0.1) is 18.4 Å². The van der Waals surface area contributed by atoms with Gasteiger partial charge in [0.2, 0.25) is 11.1 Å². The molecule has 0 aliphatic carbocycles. The van der Waals surface area contributed by atoms with Crippen LogP contribution in [0.1, 0.15) is 43.4 Å². The normalized spacial score (nSPS) is 16.0. The summed E-state index contributed by atoms with van der Waals surface area (Å²) in [6.45, 7) is 3.43. The molecule has 2 amide bonds. The van der Waals surface area contributed by atoms with Gasteiger partial charge in [0.25, 0.3) is 11.8 Å². The molecule has 0 bridgehead atoms. The van der Waals surface area contributed by atoms with Gasteiger partial charge in [-0.15, -0.1) is 5.10 Å². The number of para-hydroxylation sites is 2. The van der Waals surface area contributed by atoms with Crippen molar-refractivity contribution in [2.45, 2.75) is 43.1 Å². The Morgan fingerprint density at radius 2 is 1.71 bits per heavy atom. The smallest absolute Gasteiger partial charge is 0.260 e. The third-order valence-electron chi connectivity index (χ3n) is 7.91. The maximum Gasteiger partial charge on any atom is 0.260 e. The number of nitrogens with one attached hydrogen (secondary N) is 2. The molecule has 11 heteroatoms. The monoisotopic (exact) mass is 624 g/mol. The van der Waals surface area contributed by atoms with E-state index in [0.717, 1.165) is 37.9 Å². The third kappa shape index (κ3) is 6.99. The first-order valence-electron chi connectivity index (χ1n) is 15.1. The van der Waals surface area contributed by atoms with E-state index in [-0.39, 0.29) is 18.4 Å². The molecule has 0 radical (unpaired) electrons.